The van der Waals surface area contributed by atoms with Gasteiger partial charge in [-0.05, 0) is 54.9 Å². The minimum atomic E-state index is 0.492. The van der Waals surface area contributed by atoms with Crippen LogP contribution in [-0.2, 0) is 0 Å². The number of hydrogen-bond acceptors (Lipinski definition) is 3. The molecular formula is C12H19BrN2S. The van der Waals surface area contributed by atoms with Crippen LogP contribution in [0.1, 0.15) is 36.6 Å². The van der Waals surface area contributed by atoms with E-state index < -0.39 is 0 Å². The van der Waals surface area contributed by atoms with Crippen LogP contribution in [0, 0.1) is 0 Å². The van der Waals surface area contributed by atoms with E-state index in [1.165, 1.54) is 41.6 Å². The first kappa shape index (κ1) is 12.6. The van der Waals surface area contributed by atoms with E-state index >= 15 is 0 Å². The number of rotatable bonds is 4. The lowest BCUT2D eigenvalue weighted by Crippen LogP contribution is -2.36. The van der Waals surface area contributed by atoms with Crippen molar-refractivity contribution in [1.29, 1.82) is 0 Å². The van der Waals surface area contributed by atoms with Gasteiger partial charge in [-0.3, -0.25) is 0 Å². The quantitative estimate of drug-likeness (QED) is 0.892. The number of nitrogens with one attached hydrogen (secondary N) is 2. The molecule has 2 atom stereocenters. The number of hydrogen-bond donors (Lipinski definition) is 2. The Hall–Kier alpha value is 0.1000. The maximum Gasteiger partial charge on any atom is 0.0427 e. The summed E-state index contributed by atoms with van der Waals surface area (Å²) in [7, 11) is 2.06. The first-order valence-electron chi connectivity index (χ1n) is 5.94. The highest BCUT2D eigenvalue weighted by Crippen LogP contribution is 2.29. The van der Waals surface area contributed by atoms with Gasteiger partial charge in [0.2, 0.25) is 0 Å². The Balaban J connectivity index is 1.94. The molecule has 1 saturated heterocycles. The third kappa shape index (κ3) is 3.29. The van der Waals surface area contributed by atoms with Gasteiger partial charge in [-0.1, -0.05) is 6.42 Å². The van der Waals surface area contributed by atoms with Crippen LogP contribution in [-0.4, -0.2) is 19.6 Å². The molecule has 0 amide bonds. The minimum absolute atomic E-state index is 0.492. The lowest BCUT2D eigenvalue weighted by Gasteiger charge is -2.27. The monoisotopic (exact) mass is 302 g/mol. The van der Waals surface area contributed by atoms with Crippen molar-refractivity contribution in [3.63, 3.8) is 0 Å². The molecular weight excluding hydrogens is 284 g/mol. The summed E-state index contributed by atoms with van der Waals surface area (Å²) in [6.07, 6.45) is 5.24. The molecule has 4 heteroatoms. The van der Waals surface area contributed by atoms with E-state index in [2.05, 4.69) is 45.1 Å². The Morgan fingerprint density at radius 3 is 3.06 bits per heavy atom. The lowest BCUT2D eigenvalue weighted by atomic mass is 9.97. The largest absolute Gasteiger partial charge is 0.314 e. The average Bonchev–Trinajstić information content (AvgIpc) is 2.74. The lowest BCUT2D eigenvalue weighted by molar-refractivity contribution is 0.348. The van der Waals surface area contributed by atoms with Crippen LogP contribution in [0.15, 0.2) is 15.9 Å². The zero-order chi connectivity index (χ0) is 11.4. The second-order valence-electron chi connectivity index (χ2n) is 4.39. The van der Waals surface area contributed by atoms with Crippen molar-refractivity contribution in [2.75, 3.05) is 13.6 Å². The molecule has 2 heterocycles. The van der Waals surface area contributed by atoms with Gasteiger partial charge < -0.3 is 10.6 Å². The maximum atomic E-state index is 3.61. The van der Waals surface area contributed by atoms with Gasteiger partial charge in [0.05, 0.1) is 0 Å². The fourth-order valence-corrected chi connectivity index (χ4v) is 3.87. The summed E-state index contributed by atoms with van der Waals surface area (Å²) in [5, 5.41) is 9.20. The minimum Gasteiger partial charge on any atom is -0.314 e. The molecule has 1 fully saturated rings. The van der Waals surface area contributed by atoms with Crippen LogP contribution >= 0.6 is 27.3 Å². The topological polar surface area (TPSA) is 24.1 Å². The van der Waals surface area contributed by atoms with Crippen molar-refractivity contribution in [3.05, 3.63) is 20.8 Å². The van der Waals surface area contributed by atoms with Crippen LogP contribution < -0.4 is 10.6 Å². The van der Waals surface area contributed by atoms with Crippen molar-refractivity contribution in [3.8, 4) is 0 Å². The van der Waals surface area contributed by atoms with Crippen molar-refractivity contribution >= 4 is 27.3 Å². The van der Waals surface area contributed by atoms with Gasteiger partial charge in [0.15, 0.2) is 0 Å². The summed E-state index contributed by atoms with van der Waals surface area (Å²) in [4.78, 5) is 1.43. The van der Waals surface area contributed by atoms with Gasteiger partial charge in [0.25, 0.3) is 0 Å². The highest BCUT2D eigenvalue weighted by molar-refractivity contribution is 9.10. The molecule has 0 bridgehead atoms. The smallest absolute Gasteiger partial charge is 0.0427 e. The number of thiophene rings is 1. The standard InChI is InChI=1S/C12H19BrN2S/c1-14-11(12-6-9(13)8-16-12)7-10-4-2-3-5-15-10/h6,8,10-11,14-15H,2-5,7H2,1H3. The van der Waals surface area contributed by atoms with Gasteiger partial charge in [0, 0.05) is 26.8 Å². The van der Waals surface area contributed by atoms with Crippen LogP contribution in [0.3, 0.4) is 0 Å². The van der Waals surface area contributed by atoms with Crippen molar-refractivity contribution in [2.45, 2.75) is 37.8 Å². The Kier molecular flexibility index (Phi) is 4.82. The SMILES string of the molecule is CNC(CC1CCCCN1)c1cc(Br)cs1. The summed E-state index contributed by atoms with van der Waals surface area (Å²) in [6.45, 7) is 1.19. The van der Waals surface area contributed by atoms with Crippen LogP contribution in [0.4, 0.5) is 0 Å². The Morgan fingerprint density at radius 1 is 1.62 bits per heavy atom. The van der Waals surface area contributed by atoms with Gasteiger partial charge in [0.1, 0.15) is 0 Å². The molecule has 2 unspecified atom stereocenters. The Bertz CT molecular complexity index is 321. The van der Waals surface area contributed by atoms with Crippen molar-refractivity contribution in [1.82, 2.24) is 10.6 Å². The zero-order valence-corrected chi connectivity index (χ0v) is 12.0. The first-order valence-corrected chi connectivity index (χ1v) is 7.61. The molecule has 1 aliphatic heterocycles. The van der Waals surface area contributed by atoms with E-state index in [1.807, 2.05) is 11.3 Å². The van der Waals surface area contributed by atoms with E-state index in [1.54, 1.807) is 0 Å². The summed E-state index contributed by atoms with van der Waals surface area (Å²) in [5.41, 5.74) is 0. The predicted molar refractivity (Wildman–Crippen MR) is 74.1 cm³/mol. The molecule has 2 N–H and O–H groups in total. The average molecular weight is 303 g/mol. The molecule has 1 aliphatic rings. The van der Waals surface area contributed by atoms with Crippen LogP contribution in [0.25, 0.3) is 0 Å². The van der Waals surface area contributed by atoms with Gasteiger partial charge in [-0.15, -0.1) is 11.3 Å². The number of halogens is 1. The normalized spacial score (nSPS) is 23.2. The summed E-state index contributed by atoms with van der Waals surface area (Å²) in [6, 6.07) is 3.41. The molecule has 1 aromatic rings. The van der Waals surface area contributed by atoms with Gasteiger partial charge in [-0.2, -0.15) is 0 Å². The first-order chi connectivity index (χ1) is 7.79. The van der Waals surface area contributed by atoms with Gasteiger partial charge in [-0.25, -0.2) is 0 Å². The van der Waals surface area contributed by atoms with Crippen LogP contribution in [0.2, 0.25) is 0 Å². The van der Waals surface area contributed by atoms with Crippen molar-refractivity contribution in [2.24, 2.45) is 0 Å². The van der Waals surface area contributed by atoms with E-state index in [4.69, 9.17) is 0 Å². The highest BCUT2D eigenvalue weighted by Gasteiger charge is 2.19. The molecule has 16 heavy (non-hydrogen) atoms. The van der Waals surface area contributed by atoms with E-state index in [-0.39, 0.29) is 0 Å². The second kappa shape index (κ2) is 6.15. The third-order valence-corrected chi connectivity index (χ3v) is 5.02. The second-order valence-corrected chi connectivity index (χ2v) is 6.25. The fraction of sp³-hybridized carbons (Fsp3) is 0.667. The molecule has 0 aromatic carbocycles. The van der Waals surface area contributed by atoms with Gasteiger partial charge >= 0.3 is 0 Å². The number of piperidine rings is 1. The van der Waals surface area contributed by atoms with Crippen molar-refractivity contribution < 1.29 is 0 Å². The Labute approximate surface area is 110 Å². The highest BCUT2D eigenvalue weighted by atomic mass is 79.9. The maximum absolute atomic E-state index is 3.61. The third-order valence-electron chi connectivity index (χ3n) is 3.21. The molecule has 0 aliphatic carbocycles. The molecule has 0 spiro atoms. The summed E-state index contributed by atoms with van der Waals surface area (Å²) >= 11 is 5.36. The predicted octanol–water partition coefficient (Wildman–Crippen LogP) is 3.30. The molecule has 0 saturated carbocycles. The van der Waals surface area contributed by atoms with E-state index in [9.17, 15) is 0 Å². The van der Waals surface area contributed by atoms with E-state index in [0.29, 0.717) is 12.1 Å². The summed E-state index contributed by atoms with van der Waals surface area (Å²) < 4.78 is 1.20. The molecule has 1 aromatic heterocycles. The Morgan fingerprint density at radius 2 is 2.50 bits per heavy atom. The van der Waals surface area contributed by atoms with E-state index in [0.717, 1.165) is 0 Å². The van der Waals surface area contributed by atoms with Crippen LogP contribution in [0.5, 0.6) is 0 Å². The molecule has 90 valence electrons. The molecule has 2 rings (SSSR count). The zero-order valence-electron chi connectivity index (χ0n) is 9.63. The molecule has 2 nitrogen and oxygen atoms in total. The molecule has 0 radical (unpaired) electrons. The fourth-order valence-electron chi connectivity index (χ4n) is 2.30. The summed E-state index contributed by atoms with van der Waals surface area (Å²) in [5.74, 6) is 0.